The van der Waals surface area contributed by atoms with Gasteiger partial charge in [0.25, 0.3) is 5.91 Å². The van der Waals surface area contributed by atoms with Crippen LogP contribution in [-0.2, 0) is 11.2 Å². The number of benzene rings is 2. The minimum atomic E-state index is -0.209. The standard InChI is InChI=1S/C27H30N6O3/c1-29-24(17-7-5-4-6-8-17)23-20(28)11-9-19-16-31-27(33-25(19)23)32-21-12-10-18(15-22(21)36-3)26(34)30-13-14-35-2/h4-8,10,12,15-16H,9,11,13-14,28H2,1-3H3,(H,30,34)(H,31,32,33). The number of carbonyl (C=O) groups excluding carboxylic acids is 1. The first kappa shape index (κ1) is 24.9. The number of anilines is 2. The van der Waals surface area contributed by atoms with E-state index >= 15 is 0 Å². The molecular formula is C27H30N6O3. The maximum absolute atomic E-state index is 12.4. The minimum absolute atomic E-state index is 0.209. The van der Waals surface area contributed by atoms with Crippen LogP contribution in [-0.4, -0.2) is 56.0 Å². The van der Waals surface area contributed by atoms with E-state index in [9.17, 15) is 4.79 Å². The van der Waals surface area contributed by atoms with E-state index in [1.54, 1.807) is 39.5 Å². The van der Waals surface area contributed by atoms with Crippen LogP contribution < -0.4 is 21.1 Å². The molecule has 1 amide bonds. The molecule has 0 radical (unpaired) electrons. The van der Waals surface area contributed by atoms with Crippen molar-refractivity contribution >= 4 is 28.8 Å². The van der Waals surface area contributed by atoms with E-state index in [-0.39, 0.29) is 5.91 Å². The number of ether oxygens (including phenoxy) is 2. The number of aryl methyl sites for hydroxylation is 1. The molecule has 9 nitrogen and oxygen atoms in total. The van der Waals surface area contributed by atoms with Gasteiger partial charge in [0.1, 0.15) is 5.75 Å². The molecule has 0 aliphatic heterocycles. The topological polar surface area (TPSA) is 124 Å². The number of methoxy groups -OCH3 is 2. The van der Waals surface area contributed by atoms with Gasteiger partial charge in [-0.2, -0.15) is 0 Å². The fourth-order valence-electron chi connectivity index (χ4n) is 4.08. The second-order valence-electron chi connectivity index (χ2n) is 8.19. The van der Waals surface area contributed by atoms with Crippen molar-refractivity contribution in [1.29, 1.82) is 0 Å². The number of hydrogen-bond acceptors (Lipinski definition) is 8. The maximum atomic E-state index is 12.4. The van der Waals surface area contributed by atoms with Crippen molar-refractivity contribution in [2.75, 3.05) is 39.7 Å². The third-order valence-corrected chi connectivity index (χ3v) is 5.90. The molecule has 1 aliphatic carbocycles. The number of rotatable bonds is 9. The molecule has 0 spiro atoms. The van der Waals surface area contributed by atoms with Gasteiger partial charge in [0.2, 0.25) is 5.95 Å². The van der Waals surface area contributed by atoms with Crippen LogP contribution in [0.15, 0.2) is 65.4 Å². The SMILES string of the molecule is CN=C(C1=C(N)CCc2cnc(Nc3ccc(C(=O)NCCOC)cc3OC)nc21)c1ccccc1. The Balaban J connectivity index is 1.64. The molecule has 0 fully saturated rings. The van der Waals surface area contributed by atoms with Crippen molar-refractivity contribution in [3.05, 3.63) is 82.8 Å². The third kappa shape index (κ3) is 5.36. The lowest BCUT2D eigenvalue weighted by molar-refractivity contribution is 0.0937. The highest BCUT2D eigenvalue weighted by molar-refractivity contribution is 6.32. The first-order chi connectivity index (χ1) is 17.5. The van der Waals surface area contributed by atoms with Crippen molar-refractivity contribution < 1.29 is 14.3 Å². The van der Waals surface area contributed by atoms with Gasteiger partial charge in [-0.3, -0.25) is 9.79 Å². The summed E-state index contributed by atoms with van der Waals surface area (Å²) < 4.78 is 10.5. The Hall–Kier alpha value is -4.24. The first-order valence-corrected chi connectivity index (χ1v) is 11.6. The molecule has 0 atom stereocenters. The molecule has 0 saturated heterocycles. The Morgan fingerprint density at radius 3 is 2.64 bits per heavy atom. The summed E-state index contributed by atoms with van der Waals surface area (Å²) in [5.41, 5.74) is 12.7. The predicted molar refractivity (Wildman–Crippen MR) is 141 cm³/mol. The lowest BCUT2D eigenvalue weighted by Crippen LogP contribution is -2.26. The Labute approximate surface area is 210 Å². The van der Waals surface area contributed by atoms with Crippen LogP contribution in [0.2, 0.25) is 0 Å². The molecule has 36 heavy (non-hydrogen) atoms. The zero-order valence-corrected chi connectivity index (χ0v) is 20.7. The molecule has 4 rings (SSSR count). The van der Waals surface area contributed by atoms with Crippen LogP contribution in [0.3, 0.4) is 0 Å². The van der Waals surface area contributed by atoms with Gasteiger partial charge < -0.3 is 25.8 Å². The van der Waals surface area contributed by atoms with Gasteiger partial charge in [-0.1, -0.05) is 30.3 Å². The molecule has 3 aromatic rings. The normalized spacial score (nSPS) is 13.2. The van der Waals surface area contributed by atoms with Gasteiger partial charge in [-0.15, -0.1) is 0 Å². The lowest BCUT2D eigenvalue weighted by Gasteiger charge is -2.22. The van der Waals surface area contributed by atoms with Crippen molar-refractivity contribution in [1.82, 2.24) is 15.3 Å². The van der Waals surface area contributed by atoms with E-state index in [0.717, 1.165) is 40.2 Å². The summed E-state index contributed by atoms with van der Waals surface area (Å²) in [4.78, 5) is 26.3. The summed E-state index contributed by atoms with van der Waals surface area (Å²) >= 11 is 0. The number of nitrogens with two attached hydrogens (primary N) is 1. The summed E-state index contributed by atoms with van der Waals surface area (Å²) in [6, 6.07) is 15.1. The fourth-order valence-corrected chi connectivity index (χ4v) is 4.08. The molecule has 0 saturated carbocycles. The first-order valence-electron chi connectivity index (χ1n) is 11.6. The number of nitrogens with one attached hydrogen (secondary N) is 2. The van der Waals surface area contributed by atoms with Crippen LogP contribution >= 0.6 is 0 Å². The van der Waals surface area contributed by atoms with Crippen LogP contribution in [0.4, 0.5) is 11.6 Å². The third-order valence-electron chi connectivity index (χ3n) is 5.90. The quantitative estimate of drug-likeness (QED) is 0.313. The van der Waals surface area contributed by atoms with Crippen molar-refractivity contribution in [3.63, 3.8) is 0 Å². The van der Waals surface area contributed by atoms with Gasteiger partial charge >= 0.3 is 0 Å². The van der Waals surface area contributed by atoms with Crippen LogP contribution in [0, 0.1) is 0 Å². The molecule has 1 heterocycles. The van der Waals surface area contributed by atoms with E-state index in [0.29, 0.717) is 42.5 Å². The summed E-state index contributed by atoms with van der Waals surface area (Å²) in [6.07, 6.45) is 3.29. The maximum Gasteiger partial charge on any atom is 0.251 e. The van der Waals surface area contributed by atoms with Gasteiger partial charge in [-0.05, 0) is 36.6 Å². The second kappa shape index (κ2) is 11.5. The molecule has 9 heteroatoms. The highest BCUT2D eigenvalue weighted by atomic mass is 16.5. The number of amides is 1. The van der Waals surface area contributed by atoms with E-state index in [1.807, 2.05) is 36.5 Å². The smallest absolute Gasteiger partial charge is 0.251 e. The summed E-state index contributed by atoms with van der Waals surface area (Å²) in [5.74, 6) is 0.672. The molecule has 1 aromatic heterocycles. The number of aromatic nitrogens is 2. The Morgan fingerprint density at radius 1 is 1.11 bits per heavy atom. The Kier molecular flexibility index (Phi) is 7.92. The molecule has 4 N–H and O–H groups in total. The fraction of sp³-hybridized carbons (Fsp3) is 0.259. The number of allylic oxidation sites excluding steroid dienone is 2. The van der Waals surface area contributed by atoms with Crippen molar-refractivity contribution in [2.24, 2.45) is 10.7 Å². The Morgan fingerprint density at radius 2 is 1.92 bits per heavy atom. The molecule has 0 unspecified atom stereocenters. The molecular weight excluding hydrogens is 456 g/mol. The number of nitrogens with zero attached hydrogens (tertiary/aromatic N) is 3. The van der Waals surface area contributed by atoms with E-state index in [4.69, 9.17) is 20.2 Å². The minimum Gasteiger partial charge on any atom is -0.495 e. The summed E-state index contributed by atoms with van der Waals surface area (Å²) in [7, 11) is 4.89. The largest absolute Gasteiger partial charge is 0.495 e. The monoisotopic (exact) mass is 486 g/mol. The van der Waals surface area contributed by atoms with Crippen molar-refractivity contribution in [3.8, 4) is 5.75 Å². The van der Waals surface area contributed by atoms with E-state index < -0.39 is 0 Å². The molecule has 1 aliphatic rings. The van der Waals surface area contributed by atoms with E-state index in [1.165, 1.54) is 0 Å². The summed E-state index contributed by atoms with van der Waals surface area (Å²) in [5, 5.41) is 6.02. The predicted octanol–water partition coefficient (Wildman–Crippen LogP) is 3.34. The number of aliphatic imine (C=N–C) groups is 1. The van der Waals surface area contributed by atoms with Crippen molar-refractivity contribution in [2.45, 2.75) is 12.8 Å². The number of hydrogen-bond donors (Lipinski definition) is 3. The van der Waals surface area contributed by atoms with Crippen LogP contribution in [0.5, 0.6) is 5.75 Å². The summed E-state index contributed by atoms with van der Waals surface area (Å²) in [6.45, 7) is 0.861. The Bertz CT molecular complexity index is 1300. The number of carbonyl (C=O) groups is 1. The van der Waals surface area contributed by atoms with Crippen LogP contribution in [0.1, 0.15) is 33.6 Å². The lowest BCUT2D eigenvalue weighted by atomic mass is 9.88. The molecule has 186 valence electrons. The second-order valence-corrected chi connectivity index (χ2v) is 8.19. The number of fused-ring (bicyclic) bond motifs is 1. The zero-order valence-electron chi connectivity index (χ0n) is 20.7. The average Bonchev–Trinajstić information content (AvgIpc) is 2.91. The highest BCUT2D eigenvalue weighted by Crippen LogP contribution is 2.33. The average molecular weight is 487 g/mol. The van der Waals surface area contributed by atoms with Gasteiger partial charge in [0.15, 0.2) is 0 Å². The van der Waals surface area contributed by atoms with Crippen LogP contribution in [0.25, 0.3) is 5.57 Å². The van der Waals surface area contributed by atoms with E-state index in [2.05, 4.69) is 20.6 Å². The highest BCUT2D eigenvalue weighted by Gasteiger charge is 2.25. The van der Waals surface area contributed by atoms with Gasteiger partial charge in [0.05, 0.1) is 30.8 Å². The molecule has 2 aromatic carbocycles. The van der Waals surface area contributed by atoms with Gasteiger partial charge in [-0.25, -0.2) is 9.97 Å². The van der Waals surface area contributed by atoms with Gasteiger partial charge in [0, 0.05) is 49.3 Å². The molecule has 0 bridgehead atoms. The zero-order chi connectivity index (χ0) is 25.5.